The summed E-state index contributed by atoms with van der Waals surface area (Å²) in [6.45, 7) is 13.0. The molecule has 120 valence electrons. The van der Waals surface area contributed by atoms with Gasteiger partial charge in [0.15, 0.2) is 0 Å². The molecule has 0 atom stereocenters. The van der Waals surface area contributed by atoms with E-state index in [4.69, 9.17) is 9.47 Å². The molecule has 0 aliphatic rings. The highest BCUT2D eigenvalue weighted by atomic mass is 16.5. The Kier molecular flexibility index (Phi) is 6.35. The average Bonchev–Trinajstić information content (AvgIpc) is 2.44. The third-order valence-corrected chi connectivity index (χ3v) is 3.06. The number of carbonyl (C=O) groups is 2. The maximum atomic E-state index is 11.8. The first-order chi connectivity index (χ1) is 10.2. The number of benzene rings is 1. The molecule has 0 saturated heterocycles. The van der Waals surface area contributed by atoms with Gasteiger partial charge in [-0.1, -0.05) is 46.4 Å². The van der Waals surface area contributed by atoms with Crippen LogP contribution >= 0.6 is 0 Å². The van der Waals surface area contributed by atoms with E-state index >= 15 is 0 Å². The Hall–Kier alpha value is -2.10. The van der Waals surface area contributed by atoms with Crippen LogP contribution in [0.1, 0.15) is 38.8 Å². The minimum absolute atomic E-state index is 0.0757. The van der Waals surface area contributed by atoms with E-state index in [-0.39, 0.29) is 30.4 Å². The number of ether oxygens (including phenoxy) is 2. The number of esters is 2. The van der Waals surface area contributed by atoms with Crippen LogP contribution in [0.15, 0.2) is 24.8 Å². The lowest BCUT2D eigenvalue weighted by Gasteiger charge is -2.15. The van der Waals surface area contributed by atoms with Crippen LogP contribution in [0, 0.1) is 18.8 Å². The van der Waals surface area contributed by atoms with Gasteiger partial charge in [-0.25, -0.2) is 0 Å². The van der Waals surface area contributed by atoms with E-state index < -0.39 is 0 Å². The Balaban J connectivity index is 2.91. The van der Waals surface area contributed by atoms with Gasteiger partial charge in [-0.3, -0.25) is 9.59 Å². The lowest BCUT2D eigenvalue weighted by Crippen LogP contribution is -2.16. The highest BCUT2D eigenvalue weighted by molar-refractivity contribution is 5.79. The normalized spacial score (nSPS) is 10.7. The summed E-state index contributed by atoms with van der Waals surface area (Å²) in [5.74, 6) is -0.554. The SMILES string of the molecule is C=C(COC(=O)C(C)C)c1ccc(C)cc1OC(=O)C(C)C. The van der Waals surface area contributed by atoms with Crippen LogP contribution in [0.3, 0.4) is 0 Å². The second-order valence-electron chi connectivity index (χ2n) is 5.94. The summed E-state index contributed by atoms with van der Waals surface area (Å²) in [4.78, 5) is 23.4. The van der Waals surface area contributed by atoms with Crippen molar-refractivity contribution in [1.82, 2.24) is 0 Å². The molecule has 0 radical (unpaired) electrons. The topological polar surface area (TPSA) is 52.6 Å². The summed E-state index contributed by atoms with van der Waals surface area (Å²) < 4.78 is 10.6. The molecule has 0 heterocycles. The number of hydrogen-bond donors (Lipinski definition) is 0. The van der Waals surface area contributed by atoms with Gasteiger partial charge >= 0.3 is 11.9 Å². The van der Waals surface area contributed by atoms with Crippen molar-refractivity contribution < 1.29 is 19.1 Å². The molecule has 0 amide bonds. The Morgan fingerprint density at radius 3 is 2.23 bits per heavy atom. The van der Waals surface area contributed by atoms with E-state index in [0.29, 0.717) is 16.9 Å². The van der Waals surface area contributed by atoms with Crippen molar-refractivity contribution in [2.45, 2.75) is 34.6 Å². The average molecular weight is 304 g/mol. The summed E-state index contributed by atoms with van der Waals surface area (Å²) in [7, 11) is 0. The van der Waals surface area contributed by atoms with Gasteiger partial charge in [-0.05, 0) is 24.1 Å². The number of rotatable bonds is 6. The second kappa shape index (κ2) is 7.78. The van der Waals surface area contributed by atoms with Crippen LogP contribution in [-0.4, -0.2) is 18.5 Å². The zero-order chi connectivity index (χ0) is 16.9. The molecule has 4 nitrogen and oxygen atoms in total. The molecular weight excluding hydrogens is 280 g/mol. The van der Waals surface area contributed by atoms with Gasteiger partial charge in [-0.2, -0.15) is 0 Å². The minimum Gasteiger partial charge on any atom is -0.461 e. The van der Waals surface area contributed by atoms with Crippen molar-refractivity contribution >= 4 is 17.5 Å². The summed E-state index contributed by atoms with van der Waals surface area (Å²) in [6, 6.07) is 5.51. The molecule has 0 bridgehead atoms. The smallest absolute Gasteiger partial charge is 0.313 e. The van der Waals surface area contributed by atoms with Gasteiger partial charge in [0.05, 0.1) is 11.8 Å². The summed E-state index contributed by atoms with van der Waals surface area (Å²) in [5, 5.41) is 0. The lowest BCUT2D eigenvalue weighted by atomic mass is 10.0. The van der Waals surface area contributed by atoms with E-state index in [1.807, 2.05) is 19.1 Å². The molecule has 1 aromatic carbocycles. The predicted molar refractivity (Wildman–Crippen MR) is 86.5 cm³/mol. The van der Waals surface area contributed by atoms with Crippen LogP contribution in [0.25, 0.3) is 5.57 Å². The number of hydrogen-bond acceptors (Lipinski definition) is 4. The fourth-order valence-corrected chi connectivity index (χ4v) is 1.63. The van der Waals surface area contributed by atoms with E-state index in [0.717, 1.165) is 5.56 Å². The highest BCUT2D eigenvalue weighted by Gasteiger charge is 2.16. The molecule has 0 spiro atoms. The monoisotopic (exact) mass is 304 g/mol. The lowest BCUT2D eigenvalue weighted by molar-refractivity contribution is -0.145. The van der Waals surface area contributed by atoms with Gasteiger partial charge in [0, 0.05) is 5.56 Å². The molecule has 0 saturated carbocycles. The van der Waals surface area contributed by atoms with Gasteiger partial charge in [0.1, 0.15) is 12.4 Å². The summed E-state index contributed by atoms with van der Waals surface area (Å²) >= 11 is 0. The highest BCUT2D eigenvalue weighted by Crippen LogP contribution is 2.27. The van der Waals surface area contributed by atoms with E-state index in [9.17, 15) is 9.59 Å². The maximum absolute atomic E-state index is 11.8. The first-order valence-electron chi connectivity index (χ1n) is 7.39. The third kappa shape index (κ3) is 5.02. The predicted octanol–water partition coefficient (Wildman–Crippen LogP) is 3.77. The molecule has 22 heavy (non-hydrogen) atoms. The molecule has 0 N–H and O–H groups in total. The van der Waals surface area contributed by atoms with Crippen LogP contribution in [0.5, 0.6) is 5.75 Å². The molecule has 1 rings (SSSR count). The third-order valence-electron chi connectivity index (χ3n) is 3.06. The molecule has 1 aromatic rings. The number of aryl methyl sites for hydroxylation is 1. The minimum atomic E-state index is -0.307. The van der Waals surface area contributed by atoms with Gasteiger partial charge in [-0.15, -0.1) is 0 Å². The van der Waals surface area contributed by atoms with Crippen molar-refractivity contribution in [1.29, 1.82) is 0 Å². The zero-order valence-corrected chi connectivity index (χ0v) is 13.9. The largest absolute Gasteiger partial charge is 0.461 e. The van der Waals surface area contributed by atoms with Crippen molar-refractivity contribution in [3.8, 4) is 5.75 Å². The summed E-state index contributed by atoms with van der Waals surface area (Å²) in [5.41, 5.74) is 2.25. The van der Waals surface area contributed by atoms with Gasteiger partial charge < -0.3 is 9.47 Å². The molecule has 0 unspecified atom stereocenters. The molecule has 0 fully saturated rings. The molecule has 0 aliphatic heterocycles. The van der Waals surface area contributed by atoms with Gasteiger partial charge in [0.2, 0.25) is 0 Å². The first-order valence-corrected chi connectivity index (χ1v) is 7.39. The van der Waals surface area contributed by atoms with Gasteiger partial charge in [0.25, 0.3) is 0 Å². The fraction of sp³-hybridized carbons (Fsp3) is 0.444. The van der Waals surface area contributed by atoms with Crippen molar-refractivity contribution in [3.63, 3.8) is 0 Å². The van der Waals surface area contributed by atoms with Crippen molar-refractivity contribution in [2.75, 3.05) is 6.61 Å². The Morgan fingerprint density at radius 1 is 1.09 bits per heavy atom. The summed E-state index contributed by atoms with van der Waals surface area (Å²) in [6.07, 6.45) is 0. The Morgan fingerprint density at radius 2 is 1.68 bits per heavy atom. The van der Waals surface area contributed by atoms with Crippen LogP contribution in [0.2, 0.25) is 0 Å². The Bertz CT molecular complexity index is 570. The second-order valence-corrected chi connectivity index (χ2v) is 5.94. The van der Waals surface area contributed by atoms with E-state index in [2.05, 4.69) is 6.58 Å². The quantitative estimate of drug-likeness (QED) is 0.593. The zero-order valence-electron chi connectivity index (χ0n) is 13.9. The molecular formula is C18H24O4. The maximum Gasteiger partial charge on any atom is 0.313 e. The van der Waals surface area contributed by atoms with E-state index in [1.165, 1.54) is 0 Å². The van der Waals surface area contributed by atoms with Crippen LogP contribution < -0.4 is 4.74 Å². The molecule has 0 aliphatic carbocycles. The standard InChI is InChI=1S/C18H24O4/c1-11(2)17(19)21-10-14(6)15-8-7-13(5)9-16(15)22-18(20)12(3)4/h7-9,11-12H,6,10H2,1-5H3. The van der Waals surface area contributed by atoms with Crippen molar-refractivity contribution in [3.05, 3.63) is 35.9 Å². The molecule has 4 heteroatoms. The van der Waals surface area contributed by atoms with Crippen molar-refractivity contribution in [2.24, 2.45) is 11.8 Å². The van der Waals surface area contributed by atoms with Crippen LogP contribution in [-0.2, 0) is 14.3 Å². The molecule has 0 aromatic heterocycles. The van der Waals surface area contributed by atoms with Crippen LogP contribution in [0.4, 0.5) is 0 Å². The first kappa shape index (κ1) is 18.0. The Labute approximate surface area is 132 Å². The number of carbonyl (C=O) groups excluding carboxylic acids is 2. The fourth-order valence-electron chi connectivity index (χ4n) is 1.63. The van der Waals surface area contributed by atoms with E-state index in [1.54, 1.807) is 33.8 Å².